The molecule has 0 amide bonds. The lowest BCUT2D eigenvalue weighted by Crippen LogP contribution is -2.36. The van der Waals surface area contributed by atoms with Gasteiger partial charge in [-0.2, -0.15) is 0 Å². The van der Waals surface area contributed by atoms with Crippen molar-refractivity contribution in [3.8, 4) is 47.2 Å². The summed E-state index contributed by atoms with van der Waals surface area (Å²) in [5.41, 5.74) is 1.89. The molecule has 266 valence electrons. The number of hydrogen-bond acceptors (Lipinski definition) is 8. The molecule has 0 aliphatic heterocycles. The first kappa shape index (κ1) is 40.7. The number of nitrogens with zero attached hydrogens (tertiary/aromatic N) is 2. The monoisotopic (exact) mass is 670 g/mol. The van der Waals surface area contributed by atoms with Gasteiger partial charge in [0.15, 0.2) is 0 Å². The van der Waals surface area contributed by atoms with Gasteiger partial charge in [0.05, 0.1) is 125 Å². The van der Waals surface area contributed by atoms with Crippen LogP contribution in [0, 0.1) is 24.2 Å². The fraction of sp³-hybridized carbons (Fsp3) is 0.579. The lowest BCUT2D eigenvalue weighted by atomic mass is 10.1. The van der Waals surface area contributed by atoms with Crippen molar-refractivity contribution in [2.45, 2.75) is 12.8 Å². The molecule has 10 heteroatoms. The second-order valence-electron chi connectivity index (χ2n) is 13.2. The summed E-state index contributed by atoms with van der Waals surface area (Å²) in [7, 11) is 16.3. The molecule has 2 rings (SSSR count). The van der Waals surface area contributed by atoms with Gasteiger partial charge in [0.2, 0.25) is 0 Å². The van der Waals surface area contributed by atoms with E-state index in [2.05, 4.69) is 60.0 Å². The quantitative estimate of drug-likeness (QED) is 0.0940. The minimum atomic E-state index is 0.313. The number of quaternary nitrogens is 2. The first-order valence-electron chi connectivity index (χ1n) is 16.5. The first-order valence-corrected chi connectivity index (χ1v) is 16.5. The van der Waals surface area contributed by atoms with E-state index in [1.165, 1.54) is 0 Å². The summed E-state index contributed by atoms with van der Waals surface area (Å²) >= 11 is 0. The normalized spacial score (nSPS) is 11.4. The molecular formula is C38H58N2O8+2. The Labute approximate surface area is 289 Å². The van der Waals surface area contributed by atoms with Crippen LogP contribution >= 0.6 is 0 Å². The van der Waals surface area contributed by atoms with E-state index in [1.807, 2.05) is 24.3 Å². The second kappa shape index (κ2) is 22.2. The third kappa shape index (κ3) is 17.6. The van der Waals surface area contributed by atoms with Crippen LogP contribution in [0.5, 0.6) is 23.0 Å². The maximum absolute atomic E-state index is 6.24. The molecule has 0 unspecified atom stereocenters. The van der Waals surface area contributed by atoms with E-state index in [0.717, 1.165) is 40.6 Å². The Kier molecular flexibility index (Phi) is 18.8. The van der Waals surface area contributed by atoms with Crippen molar-refractivity contribution in [1.29, 1.82) is 0 Å². The van der Waals surface area contributed by atoms with Gasteiger partial charge in [-0.15, -0.1) is 6.42 Å². The van der Waals surface area contributed by atoms with Gasteiger partial charge < -0.3 is 46.9 Å². The van der Waals surface area contributed by atoms with Crippen LogP contribution in [0.2, 0.25) is 0 Å². The van der Waals surface area contributed by atoms with E-state index < -0.39 is 0 Å². The van der Waals surface area contributed by atoms with E-state index >= 15 is 0 Å². The lowest BCUT2D eigenvalue weighted by Gasteiger charge is -2.24. The number of methoxy groups -OCH3 is 2. The van der Waals surface area contributed by atoms with Crippen molar-refractivity contribution in [2.75, 3.05) is 136 Å². The van der Waals surface area contributed by atoms with Gasteiger partial charge in [0.25, 0.3) is 0 Å². The Hall–Kier alpha value is -3.48. The zero-order chi connectivity index (χ0) is 35.3. The van der Waals surface area contributed by atoms with Gasteiger partial charge in [-0.1, -0.05) is 17.8 Å². The van der Waals surface area contributed by atoms with Gasteiger partial charge in [-0.05, 0) is 18.2 Å². The highest BCUT2D eigenvalue weighted by Gasteiger charge is 2.13. The van der Waals surface area contributed by atoms with Crippen molar-refractivity contribution in [3.63, 3.8) is 0 Å². The molecule has 0 saturated carbocycles. The Balaban J connectivity index is 2.38. The van der Waals surface area contributed by atoms with Crippen LogP contribution in [0.4, 0.5) is 0 Å². The molecule has 0 fully saturated rings. The summed E-state index contributed by atoms with van der Waals surface area (Å²) in [5.74, 6) is 11.8. The maximum Gasteiger partial charge on any atom is 0.136 e. The zero-order valence-corrected chi connectivity index (χ0v) is 30.5. The second-order valence-corrected chi connectivity index (χ2v) is 13.2. The van der Waals surface area contributed by atoms with Crippen molar-refractivity contribution in [1.82, 2.24) is 0 Å². The molecule has 0 bridgehead atoms. The molecule has 0 heterocycles. The van der Waals surface area contributed by atoms with E-state index in [9.17, 15) is 0 Å². The summed E-state index contributed by atoms with van der Waals surface area (Å²) in [4.78, 5) is 0. The van der Waals surface area contributed by atoms with Crippen molar-refractivity contribution >= 4 is 0 Å². The number of ether oxygens (including phenoxy) is 8. The molecule has 10 nitrogen and oxygen atoms in total. The molecule has 0 saturated heterocycles. The Bertz CT molecular complexity index is 1320. The number of terminal acetylenes is 1. The molecule has 0 atom stereocenters. The summed E-state index contributed by atoms with van der Waals surface area (Å²) in [5, 5.41) is 0. The van der Waals surface area contributed by atoms with Gasteiger partial charge >= 0.3 is 0 Å². The molecule has 0 radical (unpaired) electrons. The largest absolute Gasteiger partial charge is 0.493 e. The van der Waals surface area contributed by atoms with Gasteiger partial charge in [-0.3, -0.25) is 0 Å². The molecule has 0 N–H and O–H groups in total. The average Bonchev–Trinajstić information content (AvgIpc) is 3.03. The van der Waals surface area contributed by atoms with E-state index in [-0.39, 0.29) is 0 Å². The summed E-state index contributed by atoms with van der Waals surface area (Å²) in [6.45, 7) is 6.58. The van der Waals surface area contributed by atoms with Crippen LogP contribution in [-0.4, -0.2) is 145 Å². The smallest absolute Gasteiger partial charge is 0.136 e. The molecule has 0 aliphatic rings. The Morgan fingerprint density at radius 1 is 0.521 bits per heavy atom. The van der Waals surface area contributed by atoms with Crippen LogP contribution in [-0.2, 0) is 18.9 Å². The summed E-state index contributed by atoms with van der Waals surface area (Å²) < 4.78 is 47.5. The van der Waals surface area contributed by atoms with E-state index in [1.54, 1.807) is 20.3 Å². The minimum Gasteiger partial charge on any atom is -0.493 e. The SMILES string of the molecule is C#Cc1cc(OCCOCCOC)c(C#Cc2cc(OCCC[N+](C)(C)C)ccc2OCCC[N+](C)(C)C)cc1OCCOCCOC. The molecule has 2 aromatic carbocycles. The third-order valence-electron chi connectivity index (χ3n) is 6.83. The summed E-state index contributed by atoms with van der Waals surface area (Å²) in [6.07, 6.45) is 7.71. The van der Waals surface area contributed by atoms with E-state index in [4.69, 9.17) is 44.3 Å². The lowest BCUT2D eigenvalue weighted by molar-refractivity contribution is -0.870. The predicted octanol–water partition coefficient (Wildman–Crippen LogP) is 4.10. The first-order chi connectivity index (χ1) is 23.0. The van der Waals surface area contributed by atoms with E-state index in [0.29, 0.717) is 100 Å². The number of hydrogen-bond donors (Lipinski definition) is 0. The Morgan fingerprint density at radius 2 is 0.979 bits per heavy atom. The van der Waals surface area contributed by atoms with Gasteiger partial charge in [0, 0.05) is 39.2 Å². The standard InChI is InChI=1S/C38H58N2O8/c1-10-32-30-38(48-28-26-44-24-22-42-9)34(31-37(32)47-27-25-43-23-21-41-8)14-13-33-29-35(45-19-11-17-39(2,3)4)15-16-36(33)46-20-12-18-40(5,6)7/h1,15-16,29-31H,11-12,17-28H2,2-9H3/q+2. The minimum absolute atomic E-state index is 0.313. The molecule has 0 aromatic heterocycles. The van der Waals surface area contributed by atoms with Crippen molar-refractivity contribution in [3.05, 3.63) is 47.0 Å². The molecule has 0 spiro atoms. The molecule has 0 aliphatic carbocycles. The number of rotatable bonds is 24. The van der Waals surface area contributed by atoms with Gasteiger partial charge in [-0.25, -0.2) is 0 Å². The fourth-order valence-electron chi connectivity index (χ4n) is 4.33. The highest BCUT2D eigenvalue weighted by atomic mass is 16.5. The number of benzene rings is 2. The van der Waals surface area contributed by atoms with Crippen LogP contribution in [0.1, 0.15) is 29.5 Å². The molecular weight excluding hydrogens is 612 g/mol. The van der Waals surface area contributed by atoms with Gasteiger partial charge in [0.1, 0.15) is 36.2 Å². The van der Waals surface area contributed by atoms with Crippen LogP contribution < -0.4 is 18.9 Å². The summed E-state index contributed by atoms with van der Waals surface area (Å²) in [6, 6.07) is 9.39. The maximum atomic E-state index is 6.24. The zero-order valence-electron chi connectivity index (χ0n) is 30.5. The van der Waals surface area contributed by atoms with Crippen molar-refractivity contribution < 1.29 is 46.9 Å². The van der Waals surface area contributed by atoms with Crippen LogP contribution in [0.25, 0.3) is 0 Å². The average molecular weight is 671 g/mol. The third-order valence-corrected chi connectivity index (χ3v) is 6.83. The van der Waals surface area contributed by atoms with Crippen LogP contribution in [0.3, 0.4) is 0 Å². The molecule has 2 aromatic rings. The molecule has 48 heavy (non-hydrogen) atoms. The highest BCUT2D eigenvalue weighted by Crippen LogP contribution is 2.30. The Morgan fingerprint density at radius 3 is 1.50 bits per heavy atom. The fourth-order valence-corrected chi connectivity index (χ4v) is 4.33. The predicted molar refractivity (Wildman–Crippen MR) is 189 cm³/mol. The van der Waals surface area contributed by atoms with Crippen molar-refractivity contribution in [2.24, 2.45) is 0 Å². The highest BCUT2D eigenvalue weighted by molar-refractivity contribution is 5.60. The topological polar surface area (TPSA) is 73.8 Å². The van der Waals surface area contributed by atoms with Crippen LogP contribution in [0.15, 0.2) is 30.3 Å².